The summed E-state index contributed by atoms with van der Waals surface area (Å²) in [6.07, 6.45) is 1.13. The molecule has 0 saturated carbocycles. The van der Waals surface area contributed by atoms with Crippen molar-refractivity contribution in [3.8, 4) is 0 Å². The van der Waals surface area contributed by atoms with Crippen molar-refractivity contribution in [2.45, 2.75) is 66.0 Å². The number of nitrogens with one attached hydrogen (secondary N) is 2. The average molecular weight is 363 g/mol. The van der Waals surface area contributed by atoms with Gasteiger partial charge in [-0.3, -0.25) is 9.59 Å². The average Bonchev–Trinajstić information content (AvgIpc) is 2.59. The summed E-state index contributed by atoms with van der Waals surface area (Å²) in [5, 5.41) is 7.50. The van der Waals surface area contributed by atoms with E-state index < -0.39 is 0 Å². The molecule has 0 saturated heterocycles. The third-order valence-corrected chi connectivity index (χ3v) is 4.67. The van der Waals surface area contributed by atoms with E-state index in [9.17, 15) is 9.59 Å². The predicted molar refractivity (Wildman–Crippen MR) is 106 cm³/mol. The van der Waals surface area contributed by atoms with Crippen LogP contribution in [0.5, 0.6) is 0 Å². The van der Waals surface area contributed by atoms with Crippen LogP contribution < -0.4 is 16.0 Å². The van der Waals surface area contributed by atoms with Gasteiger partial charge in [0.2, 0.25) is 5.91 Å². The molecule has 0 bridgehead atoms. The molecule has 0 aromatic heterocycles. The van der Waals surface area contributed by atoms with E-state index in [0.29, 0.717) is 18.4 Å². The molecule has 1 rings (SSSR count). The quantitative estimate of drug-likeness (QED) is 0.596. The van der Waals surface area contributed by atoms with Crippen LogP contribution in [-0.2, 0) is 9.59 Å². The zero-order valence-electron chi connectivity index (χ0n) is 17.1. The van der Waals surface area contributed by atoms with Gasteiger partial charge >= 0.3 is 0 Å². The second kappa shape index (κ2) is 11.0. The minimum Gasteiger partial charge on any atom is -0.352 e. The first-order valence-electron chi connectivity index (χ1n) is 9.73. The monoisotopic (exact) mass is 362 g/mol. The number of benzene rings is 1. The summed E-state index contributed by atoms with van der Waals surface area (Å²) in [4.78, 5) is 23.7. The van der Waals surface area contributed by atoms with Gasteiger partial charge in [-0.05, 0) is 31.7 Å². The van der Waals surface area contributed by atoms with Crippen molar-refractivity contribution in [3.05, 3.63) is 35.4 Å². The maximum Gasteiger partial charge on any atom is 0.275 e. The van der Waals surface area contributed by atoms with E-state index >= 15 is 0 Å². The minimum atomic E-state index is -0.158. The molecular formula is C21H36N3O2+. The first kappa shape index (κ1) is 22.2. The Morgan fingerprint density at radius 1 is 0.962 bits per heavy atom. The maximum absolute atomic E-state index is 12.1. The zero-order valence-corrected chi connectivity index (χ0v) is 17.1. The van der Waals surface area contributed by atoms with E-state index in [0.717, 1.165) is 6.42 Å². The Bertz CT molecular complexity index is 567. The molecule has 0 aliphatic heterocycles. The van der Waals surface area contributed by atoms with E-state index in [1.165, 1.54) is 11.1 Å². The van der Waals surface area contributed by atoms with Gasteiger partial charge in [-0.15, -0.1) is 0 Å². The molecule has 5 heteroatoms. The molecule has 2 atom stereocenters. The molecule has 0 aliphatic carbocycles. The summed E-state index contributed by atoms with van der Waals surface area (Å²) >= 11 is 0. The van der Waals surface area contributed by atoms with Gasteiger partial charge in [0.05, 0.1) is 6.54 Å². The molecule has 146 valence electrons. The molecule has 0 aliphatic rings. The van der Waals surface area contributed by atoms with Crippen LogP contribution in [0.25, 0.3) is 0 Å². The van der Waals surface area contributed by atoms with Crippen LogP contribution in [0.15, 0.2) is 24.3 Å². The number of hydrogen-bond acceptors (Lipinski definition) is 2. The van der Waals surface area contributed by atoms with Crippen molar-refractivity contribution in [1.82, 2.24) is 10.6 Å². The highest BCUT2D eigenvalue weighted by Gasteiger charge is 2.21. The SMILES string of the molecule is CC[C@H](C)c1ccc([C@@H]([NH2+]CC(=O)NCC(=O)NC(C)C)C(C)C)cc1. The summed E-state index contributed by atoms with van der Waals surface area (Å²) in [6.45, 7) is 12.9. The number of rotatable bonds is 10. The summed E-state index contributed by atoms with van der Waals surface area (Å²) < 4.78 is 0. The Labute approximate surface area is 158 Å². The molecule has 26 heavy (non-hydrogen) atoms. The van der Waals surface area contributed by atoms with Crippen molar-refractivity contribution in [1.29, 1.82) is 0 Å². The van der Waals surface area contributed by atoms with Crippen LogP contribution in [0.4, 0.5) is 0 Å². The van der Waals surface area contributed by atoms with Gasteiger partial charge in [-0.2, -0.15) is 0 Å². The molecule has 0 spiro atoms. The standard InChI is InChI=1S/C21H35N3O2/c1-7-16(6)17-8-10-18(11-9-17)21(14(2)3)23-12-19(25)22-13-20(26)24-15(4)5/h8-11,14-16,21,23H,7,12-13H2,1-6H3,(H,22,25)(H,24,26)/p+1/t16-,21-/m0/s1. The fourth-order valence-electron chi connectivity index (χ4n) is 2.93. The molecule has 5 nitrogen and oxygen atoms in total. The second-order valence-electron chi connectivity index (χ2n) is 7.68. The summed E-state index contributed by atoms with van der Waals surface area (Å²) in [5.74, 6) is 0.690. The zero-order chi connectivity index (χ0) is 19.7. The minimum absolute atomic E-state index is 0.0286. The first-order chi connectivity index (χ1) is 12.2. The lowest BCUT2D eigenvalue weighted by atomic mass is 9.92. The lowest BCUT2D eigenvalue weighted by Gasteiger charge is -2.20. The van der Waals surface area contributed by atoms with Gasteiger partial charge in [0.1, 0.15) is 6.04 Å². The Balaban J connectivity index is 2.58. The van der Waals surface area contributed by atoms with Crippen molar-refractivity contribution in [2.24, 2.45) is 5.92 Å². The van der Waals surface area contributed by atoms with Crippen molar-refractivity contribution >= 4 is 11.8 Å². The smallest absolute Gasteiger partial charge is 0.275 e. The van der Waals surface area contributed by atoms with Crippen molar-refractivity contribution < 1.29 is 14.9 Å². The molecule has 0 radical (unpaired) electrons. The van der Waals surface area contributed by atoms with Crippen molar-refractivity contribution in [3.63, 3.8) is 0 Å². The predicted octanol–water partition coefficient (Wildman–Crippen LogP) is 2.10. The number of carbonyl (C=O) groups is 2. The third kappa shape index (κ3) is 7.56. The normalized spacial score (nSPS) is 13.5. The van der Waals surface area contributed by atoms with Gasteiger partial charge in [-0.1, -0.05) is 52.0 Å². The molecular weight excluding hydrogens is 326 g/mol. The lowest BCUT2D eigenvalue weighted by molar-refractivity contribution is -0.692. The maximum atomic E-state index is 12.1. The van der Waals surface area contributed by atoms with E-state index in [4.69, 9.17) is 0 Å². The molecule has 0 unspecified atom stereocenters. The topological polar surface area (TPSA) is 74.8 Å². The second-order valence-corrected chi connectivity index (χ2v) is 7.68. The van der Waals surface area contributed by atoms with Gasteiger partial charge < -0.3 is 16.0 Å². The van der Waals surface area contributed by atoms with Crippen LogP contribution in [0, 0.1) is 5.92 Å². The van der Waals surface area contributed by atoms with Crippen LogP contribution in [0.2, 0.25) is 0 Å². The summed E-state index contributed by atoms with van der Waals surface area (Å²) in [7, 11) is 0. The molecule has 1 aromatic carbocycles. The highest BCUT2D eigenvalue weighted by molar-refractivity contribution is 5.85. The molecule has 2 amide bonds. The number of quaternary nitrogens is 1. The molecule has 1 aromatic rings. The summed E-state index contributed by atoms with van der Waals surface area (Å²) in [6, 6.07) is 9.05. The number of carbonyl (C=O) groups excluding carboxylic acids is 2. The van der Waals surface area contributed by atoms with Gasteiger partial charge in [-0.25, -0.2) is 0 Å². The van der Waals surface area contributed by atoms with Crippen LogP contribution in [-0.4, -0.2) is 30.9 Å². The molecule has 4 N–H and O–H groups in total. The number of hydrogen-bond donors (Lipinski definition) is 3. The third-order valence-electron chi connectivity index (χ3n) is 4.67. The first-order valence-corrected chi connectivity index (χ1v) is 9.73. The van der Waals surface area contributed by atoms with Crippen LogP contribution >= 0.6 is 0 Å². The molecule has 0 heterocycles. The number of amides is 2. The number of nitrogens with two attached hydrogens (primary N) is 1. The Morgan fingerprint density at radius 2 is 1.54 bits per heavy atom. The van der Waals surface area contributed by atoms with Crippen molar-refractivity contribution in [2.75, 3.05) is 13.1 Å². The van der Waals surface area contributed by atoms with E-state index in [1.54, 1.807) is 0 Å². The van der Waals surface area contributed by atoms with Gasteiger partial charge in [0.25, 0.3) is 5.91 Å². The Morgan fingerprint density at radius 3 is 2.04 bits per heavy atom. The van der Waals surface area contributed by atoms with Crippen LogP contribution in [0.1, 0.15) is 71.0 Å². The van der Waals surface area contributed by atoms with E-state index in [-0.39, 0.29) is 30.4 Å². The van der Waals surface area contributed by atoms with E-state index in [2.05, 4.69) is 67.9 Å². The van der Waals surface area contributed by atoms with E-state index in [1.807, 2.05) is 13.8 Å². The fourth-order valence-corrected chi connectivity index (χ4v) is 2.93. The lowest BCUT2D eigenvalue weighted by Crippen LogP contribution is -2.88. The molecule has 0 fully saturated rings. The summed E-state index contributed by atoms with van der Waals surface area (Å²) in [5.41, 5.74) is 2.59. The largest absolute Gasteiger partial charge is 0.352 e. The van der Waals surface area contributed by atoms with Gasteiger partial charge in [0, 0.05) is 17.5 Å². The van der Waals surface area contributed by atoms with Gasteiger partial charge in [0.15, 0.2) is 6.54 Å². The highest BCUT2D eigenvalue weighted by Crippen LogP contribution is 2.22. The fraction of sp³-hybridized carbons (Fsp3) is 0.619. The van der Waals surface area contributed by atoms with Crippen LogP contribution in [0.3, 0.4) is 0 Å². The Kier molecular flexibility index (Phi) is 9.35. The highest BCUT2D eigenvalue weighted by atomic mass is 16.2. The Hall–Kier alpha value is -1.88.